The molecule has 0 aliphatic rings. The number of unbranched alkanes of at least 4 members (excludes halogenated alkanes) is 2. The fraction of sp³-hybridized carbons (Fsp3) is 0.294. The number of nitrogens with zero attached hydrogens (tertiary/aromatic N) is 1. The number of benzene rings is 1. The van der Waals surface area contributed by atoms with Crippen LogP contribution < -0.4 is 10.6 Å². The summed E-state index contributed by atoms with van der Waals surface area (Å²) in [4.78, 5) is 16.2. The van der Waals surface area contributed by atoms with Gasteiger partial charge in [0.25, 0.3) is 5.91 Å². The predicted molar refractivity (Wildman–Crippen MR) is 95.8 cm³/mol. The molecule has 0 bridgehead atoms. The van der Waals surface area contributed by atoms with E-state index in [1.165, 1.54) is 0 Å². The molecular formula is C17H19Cl2N3O. The normalized spacial score (nSPS) is 10.4. The van der Waals surface area contributed by atoms with Crippen molar-refractivity contribution in [3.05, 3.63) is 52.3 Å². The molecule has 1 aromatic heterocycles. The molecule has 0 aliphatic heterocycles. The lowest BCUT2D eigenvalue weighted by atomic mass is 10.2. The van der Waals surface area contributed by atoms with E-state index in [9.17, 15) is 4.79 Å². The first-order valence-electron chi connectivity index (χ1n) is 7.56. The van der Waals surface area contributed by atoms with E-state index in [0.717, 1.165) is 24.9 Å². The van der Waals surface area contributed by atoms with Gasteiger partial charge in [-0.15, -0.1) is 0 Å². The van der Waals surface area contributed by atoms with Crippen molar-refractivity contribution in [1.82, 2.24) is 10.3 Å². The van der Waals surface area contributed by atoms with Crippen LogP contribution in [0.15, 0.2) is 36.5 Å². The third-order valence-corrected chi connectivity index (χ3v) is 3.83. The summed E-state index contributed by atoms with van der Waals surface area (Å²) in [7, 11) is 0. The van der Waals surface area contributed by atoms with Crippen molar-refractivity contribution in [1.29, 1.82) is 0 Å². The van der Waals surface area contributed by atoms with Crippen molar-refractivity contribution < 1.29 is 4.79 Å². The number of halogens is 2. The molecule has 23 heavy (non-hydrogen) atoms. The summed E-state index contributed by atoms with van der Waals surface area (Å²) >= 11 is 12.1. The zero-order chi connectivity index (χ0) is 16.7. The lowest BCUT2D eigenvalue weighted by molar-refractivity contribution is 0.0948. The molecule has 6 heteroatoms. The molecule has 0 spiro atoms. The molecule has 0 radical (unpaired) electrons. The van der Waals surface area contributed by atoms with E-state index in [-0.39, 0.29) is 5.91 Å². The summed E-state index contributed by atoms with van der Waals surface area (Å²) in [5.41, 5.74) is 1.77. The van der Waals surface area contributed by atoms with E-state index in [4.69, 9.17) is 23.2 Å². The first-order valence-corrected chi connectivity index (χ1v) is 8.32. The first kappa shape index (κ1) is 17.6. The number of rotatable bonds is 7. The van der Waals surface area contributed by atoms with E-state index in [1.54, 1.807) is 36.5 Å². The fourth-order valence-corrected chi connectivity index (χ4v) is 2.39. The van der Waals surface area contributed by atoms with Gasteiger partial charge < -0.3 is 10.6 Å². The molecule has 1 heterocycles. The van der Waals surface area contributed by atoms with Crippen LogP contribution in [-0.2, 0) is 0 Å². The molecule has 0 atom stereocenters. The molecule has 0 aliphatic carbocycles. The van der Waals surface area contributed by atoms with Crippen molar-refractivity contribution in [2.24, 2.45) is 0 Å². The van der Waals surface area contributed by atoms with Gasteiger partial charge in [0, 0.05) is 23.5 Å². The average molecular weight is 352 g/mol. The summed E-state index contributed by atoms with van der Waals surface area (Å²) < 4.78 is 0. The summed E-state index contributed by atoms with van der Waals surface area (Å²) in [6.45, 7) is 2.78. The standard InChI is InChI=1S/C17H19Cl2N3O/c1-2-3-4-8-21-17(23)16-11-13(7-9-20-16)22-15-10-12(18)5-6-14(15)19/h5-7,9-11H,2-4,8H2,1H3,(H,20,22)(H,21,23). The summed E-state index contributed by atoms with van der Waals surface area (Å²) in [5, 5.41) is 7.15. The molecule has 4 nitrogen and oxygen atoms in total. The van der Waals surface area contributed by atoms with Crippen molar-refractivity contribution in [3.63, 3.8) is 0 Å². The Balaban J connectivity index is 2.04. The average Bonchev–Trinajstić information content (AvgIpc) is 2.55. The van der Waals surface area contributed by atoms with Crippen LogP contribution in [0.5, 0.6) is 0 Å². The first-order chi connectivity index (χ1) is 11.1. The van der Waals surface area contributed by atoms with Crippen molar-refractivity contribution in [2.75, 3.05) is 11.9 Å². The third-order valence-electron chi connectivity index (χ3n) is 3.27. The zero-order valence-corrected chi connectivity index (χ0v) is 14.4. The number of anilines is 2. The maximum Gasteiger partial charge on any atom is 0.269 e. The highest BCUT2D eigenvalue weighted by Crippen LogP contribution is 2.28. The highest BCUT2D eigenvalue weighted by Gasteiger charge is 2.08. The fourth-order valence-electron chi connectivity index (χ4n) is 2.05. The second kappa shape index (κ2) is 8.75. The van der Waals surface area contributed by atoms with Gasteiger partial charge in [0.15, 0.2) is 0 Å². The van der Waals surface area contributed by atoms with Gasteiger partial charge in [-0.3, -0.25) is 9.78 Å². The number of hydrogen-bond donors (Lipinski definition) is 2. The van der Waals surface area contributed by atoms with Crippen LogP contribution in [0.3, 0.4) is 0 Å². The highest BCUT2D eigenvalue weighted by molar-refractivity contribution is 6.35. The van der Waals surface area contributed by atoms with E-state index < -0.39 is 0 Å². The van der Waals surface area contributed by atoms with Crippen molar-refractivity contribution in [2.45, 2.75) is 26.2 Å². The van der Waals surface area contributed by atoms with Gasteiger partial charge in [-0.2, -0.15) is 0 Å². The van der Waals surface area contributed by atoms with Gasteiger partial charge in [0.1, 0.15) is 5.69 Å². The molecule has 122 valence electrons. The highest BCUT2D eigenvalue weighted by atomic mass is 35.5. The Morgan fingerprint density at radius 1 is 1.17 bits per heavy atom. The van der Waals surface area contributed by atoms with Gasteiger partial charge in [-0.25, -0.2) is 0 Å². The van der Waals surface area contributed by atoms with Crippen LogP contribution in [0.1, 0.15) is 36.7 Å². The lowest BCUT2D eigenvalue weighted by Crippen LogP contribution is -2.25. The molecule has 0 unspecified atom stereocenters. The monoisotopic (exact) mass is 351 g/mol. The van der Waals surface area contributed by atoms with Crippen LogP contribution in [0, 0.1) is 0 Å². The molecule has 2 rings (SSSR count). The van der Waals surface area contributed by atoms with Gasteiger partial charge in [0.05, 0.1) is 10.7 Å². The van der Waals surface area contributed by atoms with E-state index in [2.05, 4.69) is 22.5 Å². The summed E-state index contributed by atoms with van der Waals surface area (Å²) in [5.74, 6) is -0.179. The van der Waals surface area contributed by atoms with Crippen LogP contribution in [-0.4, -0.2) is 17.4 Å². The number of carbonyl (C=O) groups excluding carboxylic acids is 1. The number of nitrogens with one attached hydrogen (secondary N) is 2. The number of aromatic nitrogens is 1. The molecular weight excluding hydrogens is 333 g/mol. The molecule has 0 saturated heterocycles. The van der Waals surface area contributed by atoms with Gasteiger partial charge in [-0.05, 0) is 36.8 Å². The van der Waals surface area contributed by atoms with Crippen molar-refractivity contribution in [3.8, 4) is 0 Å². The Labute approximate surface area is 146 Å². The Kier molecular flexibility index (Phi) is 6.68. The Hall–Kier alpha value is -1.78. The van der Waals surface area contributed by atoms with E-state index in [1.807, 2.05) is 0 Å². The minimum absolute atomic E-state index is 0.179. The van der Waals surface area contributed by atoms with Crippen LogP contribution >= 0.6 is 23.2 Å². The van der Waals surface area contributed by atoms with Gasteiger partial charge >= 0.3 is 0 Å². The Bertz CT molecular complexity index is 677. The quantitative estimate of drug-likeness (QED) is 0.686. The Morgan fingerprint density at radius 3 is 2.78 bits per heavy atom. The van der Waals surface area contributed by atoms with E-state index in [0.29, 0.717) is 28.0 Å². The predicted octanol–water partition coefficient (Wildman–Crippen LogP) is 5.05. The molecule has 0 saturated carbocycles. The second-order valence-corrected chi connectivity index (χ2v) is 5.99. The maximum atomic E-state index is 12.1. The third kappa shape index (κ3) is 5.41. The van der Waals surface area contributed by atoms with Gasteiger partial charge in [0.2, 0.25) is 0 Å². The topological polar surface area (TPSA) is 54.0 Å². The summed E-state index contributed by atoms with van der Waals surface area (Å²) in [6, 6.07) is 8.62. The molecule has 2 aromatic rings. The summed E-state index contributed by atoms with van der Waals surface area (Å²) in [6.07, 6.45) is 4.77. The minimum atomic E-state index is -0.179. The van der Waals surface area contributed by atoms with Gasteiger partial charge in [-0.1, -0.05) is 43.0 Å². The van der Waals surface area contributed by atoms with Crippen LogP contribution in [0.25, 0.3) is 0 Å². The van der Waals surface area contributed by atoms with Crippen LogP contribution in [0.2, 0.25) is 10.0 Å². The Morgan fingerprint density at radius 2 is 2.00 bits per heavy atom. The number of amides is 1. The van der Waals surface area contributed by atoms with Crippen LogP contribution in [0.4, 0.5) is 11.4 Å². The molecule has 2 N–H and O–H groups in total. The smallest absolute Gasteiger partial charge is 0.269 e. The SMILES string of the molecule is CCCCCNC(=O)c1cc(Nc2cc(Cl)ccc2Cl)ccn1. The number of hydrogen-bond acceptors (Lipinski definition) is 3. The largest absolute Gasteiger partial charge is 0.354 e. The van der Waals surface area contributed by atoms with Crippen molar-refractivity contribution >= 4 is 40.5 Å². The lowest BCUT2D eigenvalue weighted by Gasteiger charge is -2.10. The maximum absolute atomic E-state index is 12.1. The molecule has 0 fully saturated rings. The number of pyridine rings is 1. The number of carbonyl (C=O) groups is 1. The second-order valence-electron chi connectivity index (χ2n) is 5.14. The zero-order valence-electron chi connectivity index (χ0n) is 12.9. The molecule has 1 amide bonds. The minimum Gasteiger partial charge on any atom is -0.354 e. The van der Waals surface area contributed by atoms with E-state index >= 15 is 0 Å². The molecule has 1 aromatic carbocycles.